The summed E-state index contributed by atoms with van der Waals surface area (Å²) in [6.45, 7) is 4.33. The lowest BCUT2D eigenvalue weighted by molar-refractivity contribution is -0.0163. The van der Waals surface area contributed by atoms with Crippen molar-refractivity contribution in [3.8, 4) is 0 Å². The number of hydrogen-bond acceptors (Lipinski definition) is 3. The molecular formula is C12H25NO2. The molecule has 0 atom stereocenters. The van der Waals surface area contributed by atoms with Crippen molar-refractivity contribution in [2.75, 3.05) is 13.7 Å². The van der Waals surface area contributed by atoms with E-state index in [1.807, 2.05) is 20.9 Å². The van der Waals surface area contributed by atoms with Gasteiger partial charge in [0.1, 0.15) is 0 Å². The molecule has 0 spiro atoms. The fraction of sp³-hybridized carbons (Fsp3) is 1.00. The summed E-state index contributed by atoms with van der Waals surface area (Å²) < 4.78 is 5.76. The van der Waals surface area contributed by atoms with Gasteiger partial charge in [-0.1, -0.05) is 0 Å². The molecule has 0 aromatic rings. The molecule has 0 unspecified atom stereocenters. The molecule has 3 heteroatoms. The molecule has 3 nitrogen and oxygen atoms in total. The predicted octanol–water partition coefficient (Wildman–Crippen LogP) is 1.69. The SMILES string of the molecule is CNC1CCC(OCCC(C)(C)O)CC1. The highest BCUT2D eigenvalue weighted by Gasteiger charge is 2.21. The maximum atomic E-state index is 9.54. The van der Waals surface area contributed by atoms with Crippen LogP contribution in [-0.2, 0) is 4.74 Å². The van der Waals surface area contributed by atoms with Gasteiger partial charge in [0.15, 0.2) is 0 Å². The molecule has 15 heavy (non-hydrogen) atoms. The maximum Gasteiger partial charge on any atom is 0.0613 e. The smallest absolute Gasteiger partial charge is 0.0613 e. The summed E-state index contributed by atoms with van der Waals surface area (Å²) in [5.41, 5.74) is -0.595. The Labute approximate surface area is 93.2 Å². The third kappa shape index (κ3) is 5.50. The molecule has 0 saturated heterocycles. The van der Waals surface area contributed by atoms with E-state index in [-0.39, 0.29) is 0 Å². The highest BCUT2D eigenvalue weighted by molar-refractivity contribution is 4.76. The average molecular weight is 215 g/mol. The number of hydrogen-bond donors (Lipinski definition) is 2. The second-order valence-electron chi connectivity index (χ2n) is 5.20. The van der Waals surface area contributed by atoms with Crippen molar-refractivity contribution >= 4 is 0 Å². The Kier molecular flexibility index (Phi) is 5.03. The van der Waals surface area contributed by atoms with E-state index in [2.05, 4.69) is 5.32 Å². The van der Waals surface area contributed by atoms with Crippen molar-refractivity contribution in [2.24, 2.45) is 0 Å². The van der Waals surface area contributed by atoms with Gasteiger partial charge in [-0.25, -0.2) is 0 Å². The van der Waals surface area contributed by atoms with Crippen LogP contribution >= 0.6 is 0 Å². The quantitative estimate of drug-likeness (QED) is 0.733. The second kappa shape index (κ2) is 5.83. The van der Waals surface area contributed by atoms with Crippen molar-refractivity contribution in [3.05, 3.63) is 0 Å². The molecule has 1 saturated carbocycles. The van der Waals surface area contributed by atoms with Crippen molar-refractivity contribution in [1.29, 1.82) is 0 Å². The molecule has 0 bridgehead atoms. The first kappa shape index (κ1) is 12.9. The number of ether oxygens (including phenoxy) is 1. The van der Waals surface area contributed by atoms with Crippen molar-refractivity contribution in [3.63, 3.8) is 0 Å². The number of nitrogens with one attached hydrogen (secondary N) is 1. The summed E-state index contributed by atoms with van der Waals surface area (Å²) in [4.78, 5) is 0. The van der Waals surface area contributed by atoms with Crippen LogP contribution in [0, 0.1) is 0 Å². The summed E-state index contributed by atoms with van der Waals surface area (Å²) in [6, 6.07) is 0.680. The van der Waals surface area contributed by atoms with E-state index in [9.17, 15) is 5.11 Å². The highest BCUT2D eigenvalue weighted by Crippen LogP contribution is 2.21. The molecule has 0 aromatic carbocycles. The topological polar surface area (TPSA) is 41.5 Å². The van der Waals surface area contributed by atoms with Crippen molar-refractivity contribution in [2.45, 2.75) is 63.7 Å². The third-order valence-electron chi connectivity index (χ3n) is 3.15. The fourth-order valence-electron chi connectivity index (χ4n) is 1.99. The Morgan fingerprint density at radius 2 is 1.87 bits per heavy atom. The predicted molar refractivity (Wildman–Crippen MR) is 62.0 cm³/mol. The van der Waals surface area contributed by atoms with Crippen LogP contribution in [0.5, 0.6) is 0 Å². The minimum atomic E-state index is -0.595. The van der Waals surface area contributed by atoms with E-state index in [0.29, 0.717) is 18.8 Å². The van der Waals surface area contributed by atoms with Gasteiger partial charge >= 0.3 is 0 Å². The molecule has 1 fully saturated rings. The summed E-state index contributed by atoms with van der Waals surface area (Å²) in [5, 5.41) is 12.8. The van der Waals surface area contributed by atoms with Crippen LogP contribution in [0.3, 0.4) is 0 Å². The van der Waals surface area contributed by atoms with Gasteiger partial charge in [0.2, 0.25) is 0 Å². The molecule has 1 aliphatic rings. The maximum absolute atomic E-state index is 9.54. The molecule has 90 valence electrons. The summed E-state index contributed by atoms with van der Waals surface area (Å²) in [7, 11) is 2.03. The van der Waals surface area contributed by atoms with Gasteiger partial charge < -0.3 is 15.2 Å². The zero-order valence-corrected chi connectivity index (χ0v) is 10.3. The molecule has 0 aliphatic heterocycles. The van der Waals surface area contributed by atoms with E-state index in [4.69, 9.17) is 4.74 Å². The van der Waals surface area contributed by atoms with Gasteiger partial charge in [0.05, 0.1) is 11.7 Å². The van der Waals surface area contributed by atoms with Crippen LogP contribution in [-0.4, -0.2) is 36.5 Å². The fourth-order valence-corrected chi connectivity index (χ4v) is 1.99. The molecule has 0 heterocycles. The van der Waals surface area contributed by atoms with Crippen LogP contribution in [0.15, 0.2) is 0 Å². The van der Waals surface area contributed by atoms with Crippen LogP contribution in [0.2, 0.25) is 0 Å². The van der Waals surface area contributed by atoms with Crippen LogP contribution in [0.1, 0.15) is 46.0 Å². The molecule has 1 aliphatic carbocycles. The molecule has 1 rings (SSSR count). The lowest BCUT2D eigenvalue weighted by Gasteiger charge is -2.29. The van der Waals surface area contributed by atoms with E-state index in [1.165, 1.54) is 12.8 Å². The van der Waals surface area contributed by atoms with E-state index in [0.717, 1.165) is 19.3 Å². The average Bonchev–Trinajstić information content (AvgIpc) is 2.17. The molecule has 0 amide bonds. The first-order valence-electron chi connectivity index (χ1n) is 6.02. The van der Waals surface area contributed by atoms with Gasteiger partial charge in [0, 0.05) is 12.6 Å². The zero-order chi connectivity index (χ0) is 11.3. The van der Waals surface area contributed by atoms with Gasteiger partial charge in [-0.2, -0.15) is 0 Å². The number of rotatable bonds is 5. The first-order chi connectivity index (χ1) is 7.01. The van der Waals surface area contributed by atoms with Gasteiger partial charge in [-0.3, -0.25) is 0 Å². The lowest BCUT2D eigenvalue weighted by Crippen LogP contribution is -2.33. The minimum Gasteiger partial charge on any atom is -0.390 e. The van der Waals surface area contributed by atoms with Crippen LogP contribution in [0.4, 0.5) is 0 Å². The molecule has 2 N–H and O–H groups in total. The Balaban J connectivity index is 2.09. The van der Waals surface area contributed by atoms with Crippen LogP contribution < -0.4 is 5.32 Å². The van der Waals surface area contributed by atoms with Crippen molar-refractivity contribution < 1.29 is 9.84 Å². The van der Waals surface area contributed by atoms with Gasteiger partial charge in [0.25, 0.3) is 0 Å². The number of aliphatic hydroxyl groups is 1. The van der Waals surface area contributed by atoms with Gasteiger partial charge in [-0.15, -0.1) is 0 Å². The van der Waals surface area contributed by atoms with E-state index < -0.39 is 5.60 Å². The normalized spacial score (nSPS) is 28.0. The van der Waals surface area contributed by atoms with Crippen LogP contribution in [0.25, 0.3) is 0 Å². The monoisotopic (exact) mass is 215 g/mol. The summed E-state index contributed by atoms with van der Waals surface area (Å²) in [5.74, 6) is 0. The van der Waals surface area contributed by atoms with E-state index >= 15 is 0 Å². The van der Waals surface area contributed by atoms with E-state index in [1.54, 1.807) is 0 Å². The Hall–Kier alpha value is -0.120. The first-order valence-corrected chi connectivity index (χ1v) is 6.02. The lowest BCUT2D eigenvalue weighted by atomic mass is 9.93. The van der Waals surface area contributed by atoms with Gasteiger partial charge in [-0.05, 0) is 53.0 Å². The van der Waals surface area contributed by atoms with Crippen molar-refractivity contribution in [1.82, 2.24) is 5.32 Å². The Morgan fingerprint density at radius 3 is 2.33 bits per heavy atom. The largest absolute Gasteiger partial charge is 0.390 e. The third-order valence-corrected chi connectivity index (χ3v) is 3.15. The Morgan fingerprint density at radius 1 is 1.27 bits per heavy atom. The summed E-state index contributed by atoms with van der Waals surface area (Å²) >= 11 is 0. The highest BCUT2D eigenvalue weighted by atomic mass is 16.5. The zero-order valence-electron chi connectivity index (χ0n) is 10.3. The standard InChI is InChI=1S/C12H25NO2/c1-12(2,14)8-9-15-11-6-4-10(13-3)5-7-11/h10-11,13-14H,4-9H2,1-3H3. The minimum absolute atomic E-state index is 0.414. The Bertz CT molecular complexity index is 169. The molecule has 0 radical (unpaired) electrons. The summed E-state index contributed by atoms with van der Waals surface area (Å²) in [6.07, 6.45) is 5.86. The second-order valence-corrected chi connectivity index (χ2v) is 5.20. The molecular weight excluding hydrogens is 190 g/mol. The molecule has 0 aromatic heterocycles.